The fourth-order valence-electron chi connectivity index (χ4n) is 4.61. The number of hydrogen-bond donors (Lipinski definition) is 1. The summed E-state index contributed by atoms with van der Waals surface area (Å²) in [4.78, 5) is 13.6. The zero-order valence-corrected chi connectivity index (χ0v) is 21.5. The second kappa shape index (κ2) is 10.7. The molecule has 2 aromatic rings. The number of amides is 1. The molecule has 8 heteroatoms. The van der Waals surface area contributed by atoms with Gasteiger partial charge in [-0.3, -0.25) is 9.10 Å². The van der Waals surface area contributed by atoms with Crippen molar-refractivity contribution < 1.29 is 22.7 Å². The Kier molecular flexibility index (Phi) is 8.13. The lowest BCUT2D eigenvalue weighted by Gasteiger charge is -2.42. The number of carbonyl (C=O) groups excluding carboxylic acids is 1. The van der Waals surface area contributed by atoms with Crippen LogP contribution in [-0.4, -0.2) is 38.8 Å². The molecule has 0 fully saturated rings. The molecule has 0 aromatic heterocycles. The third-order valence-electron chi connectivity index (χ3n) is 6.53. The van der Waals surface area contributed by atoms with Crippen LogP contribution in [0.15, 0.2) is 48.5 Å². The van der Waals surface area contributed by atoms with Gasteiger partial charge in [0.25, 0.3) is 0 Å². The number of sulfonamides is 1. The molecule has 0 aliphatic carbocycles. The van der Waals surface area contributed by atoms with E-state index in [9.17, 15) is 13.2 Å². The van der Waals surface area contributed by atoms with Gasteiger partial charge in [0.1, 0.15) is 23.1 Å². The van der Waals surface area contributed by atoms with Gasteiger partial charge < -0.3 is 14.8 Å². The minimum Gasteiger partial charge on any atom is -0.494 e. The normalized spacial score (nSPS) is 17.7. The minimum atomic E-state index is -3.73. The number of para-hydroxylation sites is 1. The molecule has 0 saturated carbocycles. The first kappa shape index (κ1) is 25.9. The van der Waals surface area contributed by atoms with Crippen molar-refractivity contribution in [3.05, 3.63) is 54.1 Å². The molecule has 34 heavy (non-hydrogen) atoms. The van der Waals surface area contributed by atoms with Crippen LogP contribution >= 0.6 is 0 Å². The van der Waals surface area contributed by atoms with Gasteiger partial charge in [0.2, 0.25) is 15.9 Å². The molecule has 1 aliphatic heterocycles. The maximum absolute atomic E-state index is 13.6. The van der Waals surface area contributed by atoms with Gasteiger partial charge in [-0.2, -0.15) is 0 Å². The molecule has 2 unspecified atom stereocenters. The molecule has 3 rings (SSSR count). The summed E-state index contributed by atoms with van der Waals surface area (Å²) in [5, 5.41) is 3.15. The third-order valence-corrected chi connectivity index (χ3v) is 7.71. The van der Waals surface area contributed by atoms with Crippen molar-refractivity contribution >= 4 is 21.6 Å². The summed E-state index contributed by atoms with van der Waals surface area (Å²) >= 11 is 0. The van der Waals surface area contributed by atoms with E-state index in [1.54, 1.807) is 24.3 Å². The number of hydrogen-bond acceptors (Lipinski definition) is 5. The Morgan fingerprint density at radius 3 is 2.32 bits per heavy atom. The SMILES string of the molecule is CCOc1ccc(N(C(CC)C(=O)NC2CC(CC)(CC)Oc3ccccc32)S(C)(=O)=O)cc1. The fraction of sp³-hybridized carbons (Fsp3) is 0.500. The molecule has 0 spiro atoms. The molecule has 1 N–H and O–H groups in total. The van der Waals surface area contributed by atoms with Gasteiger partial charge in [-0.1, -0.05) is 39.0 Å². The van der Waals surface area contributed by atoms with Crippen LogP contribution in [0.5, 0.6) is 11.5 Å². The minimum absolute atomic E-state index is 0.270. The fourth-order valence-corrected chi connectivity index (χ4v) is 5.83. The second-order valence-corrected chi connectivity index (χ2v) is 10.6. The van der Waals surface area contributed by atoms with Gasteiger partial charge in [0, 0.05) is 12.0 Å². The molecule has 7 nitrogen and oxygen atoms in total. The van der Waals surface area contributed by atoms with E-state index in [0.717, 1.165) is 30.4 Å². The van der Waals surface area contributed by atoms with E-state index in [2.05, 4.69) is 19.2 Å². The quantitative estimate of drug-likeness (QED) is 0.518. The standard InChI is InChI=1S/C26H36N2O5S/c1-6-23(28(34(5,30)31)19-14-16-20(17-15-19)32-9-4)25(29)27-22-18-26(7-2,8-3)33-24-13-11-10-12-21(22)24/h10-17,22-23H,6-9,18H2,1-5H3,(H,27,29). The average molecular weight is 489 g/mol. The Balaban J connectivity index is 1.92. The molecule has 0 saturated heterocycles. The van der Waals surface area contributed by atoms with Crippen LogP contribution in [0, 0.1) is 0 Å². The average Bonchev–Trinajstić information content (AvgIpc) is 2.82. The largest absolute Gasteiger partial charge is 0.494 e. The summed E-state index contributed by atoms with van der Waals surface area (Å²) in [7, 11) is -3.73. The van der Waals surface area contributed by atoms with Crippen LogP contribution in [-0.2, 0) is 14.8 Å². The highest BCUT2D eigenvalue weighted by atomic mass is 32.2. The van der Waals surface area contributed by atoms with E-state index in [1.807, 2.05) is 38.1 Å². The number of benzene rings is 2. The topological polar surface area (TPSA) is 84.9 Å². The van der Waals surface area contributed by atoms with Crippen molar-refractivity contribution in [3.63, 3.8) is 0 Å². The van der Waals surface area contributed by atoms with Crippen LogP contribution < -0.4 is 19.1 Å². The van der Waals surface area contributed by atoms with Crippen LogP contribution in [0.3, 0.4) is 0 Å². The van der Waals surface area contributed by atoms with Crippen LogP contribution in [0.2, 0.25) is 0 Å². The van der Waals surface area contributed by atoms with Gasteiger partial charge in [-0.15, -0.1) is 0 Å². The summed E-state index contributed by atoms with van der Waals surface area (Å²) in [6.45, 7) is 8.38. The third kappa shape index (κ3) is 5.49. The van der Waals surface area contributed by atoms with Gasteiger partial charge in [0.05, 0.1) is 24.6 Å². The summed E-state index contributed by atoms with van der Waals surface area (Å²) in [6, 6.07) is 13.3. The van der Waals surface area contributed by atoms with E-state index in [0.29, 0.717) is 30.9 Å². The van der Waals surface area contributed by atoms with E-state index >= 15 is 0 Å². The molecule has 1 heterocycles. The maximum atomic E-state index is 13.6. The summed E-state index contributed by atoms with van der Waals surface area (Å²) in [5.41, 5.74) is 0.964. The summed E-state index contributed by atoms with van der Waals surface area (Å²) in [6.07, 6.45) is 3.69. The highest BCUT2D eigenvalue weighted by molar-refractivity contribution is 7.92. The molecule has 1 amide bonds. The zero-order chi connectivity index (χ0) is 24.9. The number of ether oxygens (including phenoxy) is 2. The maximum Gasteiger partial charge on any atom is 0.244 e. The predicted molar refractivity (Wildman–Crippen MR) is 135 cm³/mol. The summed E-state index contributed by atoms with van der Waals surface area (Å²) < 4.78 is 38.7. The number of rotatable bonds is 10. The molecule has 1 aliphatic rings. The molecule has 2 aromatic carbocycles. The number of carbonyl (C=O) groups is 1. The number of anilines is 1. The molecule has 0 bridgehead atoms. The number of nitrogens with one attached hydrogen (secondary N) is 1. The lowest BCUT2D eigenvalue weighted by Crippen LogP contribution is -2.52. The molecule has 0 radical (unpaired) electrons. The molecular formula is C26H36N2O5S. The van der Waals surface area contributed by atoms with Crippen LogP contribution in [0.4, 0.5) is 5.69 Å². The van der Waals surface area contributed by atoms with Gasteiger partial charge >= 0.3 is 0 Å². The Morgan fingerprint density at radius 2 is 1.76 bits per heavy atom. The van der Waals surface area contributed by atoms with Crippen molar-refractivity contribution in [3.8, 4) is 11.5 Å². The van der Waals surface area contributed by atoms with Crippen molar-refractivity contribution in [1.29, 1.82) is 0 Å². The Bertz CT molecular complexity index is 1080. The number of nitrogens with zero attached hydrogens (tertiary/aromatic N) is 1. The first-order valence-electron chi connectivity index (χ1n) is 12.0. The van der Waals surface area contributed by atoms with Gasteiger partial charge in [0.15, 0.2) is 0 Å². The van der Waals surface area contributed by atoms with Gasteiger partial charge in [-0.25, -0.2) is 8.42 Å². The van der Waals surface area contributed by atoms with Crippen LogP contribution in [0.25, 0.3) is 0 Å². The first-order chi connectivity index (χ1) is 16.2. The number of fused-ring (bicyclic) bond motifs is 1. The Labute approximate surface area is 203 Å². The van der Waals surface area contributed by atoms with E-state index < -0.39 is 16.1 Å². The molecule has 2 atom stereocenters. The predicted octanol–water partition coefficient (Wildman–Crippen LogP) is 4.83. The Morgan fingerprint density at radius 1 is 1.12 bits per heavy atom. The van der Waals surface area contributed by atoms with Crippen molar-refractivity contribution in [1.82, 2.24) is 5.32 Å². The highest BCUT2D eigenvalue weighted by Crippen LogP contribution is 2.42. The van der Waals surface area contributed by atoms with Crippen molar-refractivity contribution in [2.45, 2.75) is 71.1 Å². The van der Waals surface area contributed by atoms with Crippen molar-refractivity contribution in [2.24, 2.45) is 0 Å². The monoisotopic (exact) mass is 488 g/mol. The second-order valence-electron chi connectivity index (χ2n) is 8.71. The van der Waals surface area contributed by atoms with E-state index in [1.165, 1.54) is 4.31 Å². The molecular weight excluding hydrogens is 452 g/mol. The zero-order valence-electron chi connectivity index (χ0n) is 20.7. The highest BCUT2D eigenvalue weighted by Gasteiger charge is 2.40. The van der Waals surface area contributed by atoms with Crippen LogP contribution in [0.1, 0.15) is 65.0 Å². The Hall–Kier alpha value is -2.74. The lowest BCUT2D eigenvalue weighted by atomic mass is 9.83. The first-order valence-corrected chi connectivity index (χ1v) is 13.8. The smallest absolute Gasteiger partial charge is 0.244 e. The molecule has 186 valence electrons. The van der Waals surface area contributed by atoms with Gasteiger partial charge in [-0.05, 0) is 56.5 Å². The van der Waals surface area contributed by atoms with E-state index in [-0.39, 0.29) is 17.6 Å². The summed E-state index contributed by atoms with van der Waals surface area (Å²) in [5.74, 6) is 1.08. The van der Waals surface area contributed by atoms with Crippen molar-refractivity contribution in [2.75, 3.05) is 17.2 Å². The van der Waals surface area contributed by atoms with E-state index in [4.69, 9.17) is 9.47 Å². The lowest BCUT2D eigenvalue weighted by molar-refractivity contribution is -0.123.